The van der Waals surface area contributed by atoms with Crippen LogP contribution in [-0.2, 0) is 0 Å². The molecule has 2 heteroatoms. The highest BCUT2D eigenvalue weighted by atomic mass is 28.3. The summed E-state index contributed by atoms with van der Waals surface area (Å²) in [6, 6.07) is 1.58. The highest BCUT2D eigenvalue weighted by Gasteiger charge is 2.35. The maximum Gasteiger partial charge on any atom is 0.0473 e. The van der Waals surface area contributed by atoms with Gasteiger partial charge in [0.15, 0.2) is 0 Å². The van der Waals surface area contributed by atoms with Crippen molar-refractivity contribution in [1.82, 2.24) is 0 Å². The molecule has 0 heterocycles. The molecule has 1 aliphatic carbocycles. The molecule has 0 aromatic heterocycles. The Morgan fingerprint density at radius 2 is 1.50 bits per heavy atom. The molecule has 0 aliphatic heterocycles. The Kier molecular flexibility index (Phi) is 3.69. The predicted octanol–water partition coefficient (Wildman–Crippen LogP) is 4.83. The third-order valence-corrected chi connectivity index (χ3v) is 8.44. The van der Waals surface area contributed by atoms with Gasteiger partial charge in [-0.3, -0.25) is 0 Å². The van der Waals surface area contributed by atoms with E-state index in [9.17, 15) is 0 Å². The van der Waals surface area contributed by atoms with Crippen LogP contribution in [0, 0.1) is 5.92 Å². The largest absolute Gasteiger partial charge is 0.0695 e. The van der Waals surface area contributed by atoms with Gasteiger partial charge in [0.1, 0.15) is 0 Å². The van der Waals surface area contributed by atoms with E-state index in [1.807, 2.05) is 0 Å². The van der Waals surface area contributed by atoms with Gasteiger partial charge in [-0.2, -0.15) is 0 Å². The van der Waals surface area contributed by atoms with Crippen LogP contribution in [0.3, 0.4) is 0 Å². The molecular formula is C12H28Si2. The van der Waals surface area contributed by atoms with Crippen molar-refractivity contribution in [2.75, 3.05) is 0 Å². The lowest BCUT2D eigenvalue weighted by Crippen LogP contribution is -2.27. The highest BCUT2D eigenvalue weighted by Crippen LogP contribution is 2.44. The van der Waals surface area contributed by atoms with E-state index < -0.39 is 16.1 Å². The maximum absolute atomic E-state index is 2.55. The zero-order valence-electron chi connectivity index (χ0n) is 11.0. The van der Waals surface area contributed by atoms with Crippen LogP contribution >= 0.6 is 0 Å². The fourth-order valence-corrected chi connectivity index (χ4v) is 7.09. The summed E-state index contributed by atoms with van der Waals surface area (Å²) < 4.78 is 0. The van der Waals surface area contributed by atoms with Gasteiger partial charge in [-0.1, -0.05) is 64.6 Å². The van der Waals surface area contributed by atoms with Gasteiger partial charge in [-0.25, -0.2) is 0 Å². The van der Waals surface area contributed by atoms with Crippen molar-refractivity contribution in [3.63, 3.8) is 0 Å². The third kappa shape index (κ3) is 3.89. The normalized spacial score (nSPS) is 29.6. The summed E-state index contributed by atoms with van der Waals surface area (Å²) >= 11 is 0. The summed E-state index contributed by atoms with van der Waals surface area (Å²) in [5, 5.41) is 0. The first-order chi connectivity index (χ1) is 6.18. The van der Waals surface area contributed by atoms with Crippen LogP contribution in [0.5, 0.6) is 0 Å². The molecular weight excluding hydrogens is 200 g/mol. The molecule has 1 fully saturated rings. The third-order valence-electron chi connectivity index (χ3n) is 3.67. The fraction of sp³-hybridized carbons (Fsp3) is 1.00. The van der Waals surface area contributed by atoms with E-state index in [0.29, 0.717) is 0 Å². The zero-order valence-corrected chi connectivity index (χ0v) is 13.0. The Bertz CT molecular complexity index is 185. The molecule has 0 N–H and O–H groups in total. The van der Waals surface area contributed by atoms with E-state index in [-0.39, 0.29) is 0 Å². The predicted molar refractivity (Wildman–Crippen MR) is 72.6 cm³/mol. The summed E-state index contributed by atoms with van der Waals surface area (Å²) in [5.41, 5.74) is 1.13. The molecule has 84 valence electrons. The maximum atomic E-state index is 2.55. The van der Waals surface area contributed by atoms with Gasteiger partial charge in [0.05, 0.1) is 0 Å². The second kappa shape index (κ2) is 4.13. The molecule has 0 saturated heterocycles. The molecule has 0 radical (unpaired) electrons. The molecule has 0 aromatic rings. The molecule has 0 aromatic carbocycles. The Balaban J connectivity index is 2.42. The Hall–Kier alpha value is 0.434. The molecule has 1 unspecified atom stereocenters. The SMILES string of the molecule is C[Si](C)(C)C[C@@H]1CCC([Si](C)(C)C)C1. The highest BCUT2D eigenvalue weighted by molar-refractivity contribution is 6.77. The second-order valence-corrected chi connectivity index (χ2v) is 18.6. The van der Waals surface area contributed by atoms with Crippen LogP contribution in [0.25, 0.3) is 0 Å². The van der Waals surface area contributed by atoms with Crippen molar-refractivity contribution in [1.29, 1.82) is 0 Å². The average Bonchev–Trinajstić information content (AvgIpc) is 2.29. The molecule has 1 rings (SSSR count). The Morgan fingerprint density at radius 1 is 0.929 bits per heavy atom. The quantitative estimate of drug-likeness (QED) is 0.607. The van der Waals surface area contributed by atoms with Gasteiger partial charge >= 0.3 is 0 Å². The summed E-state index contributed by atoms with van der Waals surface area (Å²) in [4.78, 5) is 0. The lowest BCUT2D eigenvalue weighted by molar-refractivity contribution is 0.600. The minimum Gasteiger partial charge on any atom is -0.0695 e. The van der Waals surface area contributed by atoms with Crippen LogP contribution in [0.4, 0.5) is 0 Å². The van der Waals surface area contributed by atoms with E-state index in [1.165, 1.54) is 0 Å². The molecule has 2 atom stereocenters. The van der Waals surface area contributed by atoms with Crippen molar-refractivity contribution in [3.05, 3.63) is 0 Å². The minimum atomic E-state index is -0.826. The standard InChI is InChI=1S/C12H28Si2/c1-13(2,3)10-11-7-8-12(9-11)14(4,5)6/h11-12H,7-10H2,1-6H3/t11-,12?/m1/s1. The molecule has 14 heavy (non-hydrogen) atoms. The topological polar surface area (TPSA) is 0 Å². The van der Waals surface area contributed by atoms with E-state index in [1.54, 1.807) is 25.3 Å². The number of hydrogen-bond donors (Lipinski definition) is 0. The van der Waals surface area contributed by atoms with E-state index >= 15 is 0 Å². The van der Waals surface area contributed by atoms with Crippen molar-refractivity contribution in [2.24, 2.45) is 5.92 Å². The monoisotopic (exact) mass is 228 g/mol. The van der Waals surface area contributed by atoms with E-state index in [2.05, 4.69) is 39.3 Å². The van der Waals surface area contributed by atoms with Crippen molar-refractivity contribution < 1.29 is 0 Å². The Labute approximate surface area is 92.5 Å². The van der Waals surface area contributed by atoms with Gasteiger partial charge in [0.25, 0.3) is 0 Å². The lowest BCUT2D eigenvalue weighted by Gasteiger charge is -2.26. The summed E-state index contributed by atoms with van der Waals surface area (Å²) in [6.45, 7) is 15.2. The van der Waals surface area contributed by atoms with Crippen LogP contribution in [0.1, 0.15) is 19.3 Å². The molecule has 0 spiro atoms. The first-order valence-electron chi connectivity index (χ1n) is 6.18. The number of rotatable bonds is 3. The van der Waals surface area contributed by atoms with Crippen LogP contribution < -0.4 is 0 Å². The molecule has 0 bridgehead atoms. The summed E-state index contributed by atoms with van der Waals surface area (Å²) in [5.74, 6) is 1.10. The fourth-order valence-electron chi connectivity index (χ4n) is 2.91. The molecule has 0 nitrogen and oxygen atoms in total. The summed E-state index contributed by atoms with van der Waals surface area (Å²) in [7, 11) is -1.62. The first kappa shape index (κ1) is 12.5. The van der Waals surface area contributed by atoms with Gasteiger partial charge in [0.2, 0.25) is 0 Å². The smallest absolute Gasteiger partial charge is 0.0473 e. The van der Waals surface area contributed by atoms with Crippen molar-refractivity contribution in [2.45, 2.75) is 70.1 Å². The van der Waals surface area contributed by atoms with Gasteiger partial charge in [-0.15, -0.1) is 0 Å². The zero-order chi connectivity index (χ0) is 11.0. The van der Waals surface area contributed by atoms with Crippen LogP contribution in [0.2, 0.25) is 50.9 Å². The molecule has 1 aliphatic rings. The molecule has 1 saturated carbocycles. The van der Waals surface area contributed by atoms with Crippen LogP contribution in [-0.4, -0.2) is 16.1 Å². The van der Waals surface area contributed by atoms with Crippen molar-refractivity contribution >= 4 is 16.1 Å². The first-order valence-corrected chi connectivity index (χ1v) is 13.5. The average molecular weight is 229 g/mol. The molecule has 0 amide bonds. The van der Waals surface area contributed by atoms with E-state index in [4.69, 9.17) is 0 Å². The number of hydrogen-bond acceptors (Lipinski definition) is 0. The van der Waals surface area contributed by atoms with Gasteiger partial charge in [0, 0.05) is 16.1 Å². The van der Waals surface area contributed by atoms with Gasteiger partial charge < -0.3 is 0 Å². The van der Waals surface area contributed by atoms with E-state index in [0.717, 1.165) is 11.5 Å². The minimum absolute atomic E-state index is 0.796. The summed E-state index contributed by atoms with van der Waals surface area (Å²) in [6.07, 6.45) is 4.66. The van der Waals surface area contributed by atoms with Crippen molar-refractivity contribution in [3.8, 4) is 0 Å². The van der Waals surface area contributed by atoms with Gasteiger partial charge in [-0.05, 0) is 11.5 Å². The lowest BCUT2D eigenvalue weighted by atomic mass is 10.1. The second-order valence-electron chi connectivity index (χ2n) is 7.51. The van der Waals surface area contributed by atoms with Crippen LogP contribution in [0.15, 0.2) is 0 Å². The Morgan fingerprint density at radius 3 is 1.86 bits per heavy atom.